The molecule has 4 nitrogen and oxygen atoms in total. The highest BCUT2D eigenvalue weighted by Crippen LogP contribution is 2.29. The van der Waals surface area contributed by atoms with Gasteiger partial charge in [-0.1, -0.05) is 18.2 Å². The van der Waals surface area contributed by atoms with Crippen LogP contribution in [0.1, 0.15) is 20.6 Å². The summed E-state index contributed by atoms with van der Waals surface area (Å²) in [6.07, 6.45) is 0. The zero-order valence-electron chi connectivity index (χ0n) is 15.3. The summed E-state index contributed by atoms with van der Waals surface area (Å²) in [6.45, 7) is 3.74. The number of nitrogens with zero attached hydrogens (tertiary/aromatic N) is 1. The molecular formula is C21H21FN2O2S2. The van der Waals surface area contributed by atoms with Gasteiger partial charge in [0.1, 0.15) is 5.82 Å². The van der Waals surface area contributed by atoms with Crippen LogP contribution in [-0.2, 0) is 4.74 Å². The normalized spacial score (nSPS) is 16.0. The lowest BCUT2D eigenvalue weighted by molar-refractivity contribution is 0.0169. The van der Waals surface area contributed by atoms with E-state index in [-0.39, 0.29) is 17.8 Å². The third-order valence-electron chi connectivity index (χ3n) is 4.77. The van der Waals surface area contributed by atoms with Crippen molar-refractivity contribution < 1.29 is 13.9 Å². The van der Waals surface area contributed by atoms with E-state index in [9.17, 15) is 9.18 Å². The van der Waals surface area contributed by atoms with Crippen LogP contribution in [0, 0.1) is 5.82 Å². The van der Waals surface area contributed by atoms with Crippen molar-refractivity contribution in [2.75, 3.05) is 32.8 Å². The SMILES string of the molecule is O=C(NC[C@@H](c1cccs1)N1CCOCC1)c1ccc(-c2ccc(F)cc2)s1. The zero-order valence-corrected chi connectivity index (χ0v) is 16.9. The van der Waals surface area contributed by atoms with E-state index in [0.29, 0.717) is 11.4 Å². The van der Waals surface area contributed by atoms with Gasteiger partial charge in [0, 0.05) is 29.4 Å². The summed E-state index contributed by atoms with van der Waals surface area (Å²) in [6, 6.07) is 14.4. The number of hydrogen-bond donors (Lipinski definition) is 1. The average molecular weight is 417 g/mol. The number of halogens is 1. The second-order valence-corrected chi connectivity index (χ2v) is 8.62. The van der Waals surface area contributed by atoms with Gasteiger partial charge in [-0.2, -0.15) is 0 Å². The summed E-state index contributed by atoms with van der Waals surface area (Å²) in [5.41, 5.74) is 0.912. The number of nitrogens with one attached hydrogen (secondary N) is 1. The largest absolute Gasteiger partial charge is 0.379 e. The fourth-order valence-electron chi connectivity index (χ4n) is 3.29. The van der Waals surface area contributed by atoms with Crippen LogP contribution < -0.4 is 5.32 Å². The Hall–Kier alpha value is -2.06. The van der Waals surface area contributed by atoms with E-state index in [4.69, 9.17) is 4.74 Å². The number of hydrogen-bond acceptors (Lipinski definition) is 5. The van der Waals surface area contributed by atoms with Gasteiger partial charge in [-0.15, -0.1) is 22.7 Å². The summed E-state index contributed by atoms with van der Waals surface area (Å²) in [5.74, 6) is -0.339. The average Bonchev–Trinajstić information content (AvgIpc) is 3.42. The molecule has 0 aliphatic carbocycles. The predicted octanol–water partition coefficient (Wildman–Crippen LogP) is 4.42. The van der Waals surface area contributed by atoms with E-state index in [1.165, 1.54) is 28.3 Å². The van der Waals surface area contributed by atoms with Gasteiger partial charge >= 0.3 is 0 Å². The fraction of sp³-hybridized carbons (Fsp3) is 0.286. The number of thiophene rings is 2. The first-order valence-electron chi connectivity index (χ1n) is 9.20. The first kappa shape index (κ1) is 19.3. The molecule has 28 heavy (non-hydrogen) atoms. The molecule has 0 radical (unpaired) electrons. The van der Waals surface area contributed by atoms with Crippen molar-refractivity contribution in [2.24, 2.45) is 0 Å². The summed E-state index contributed by atoms with van der Waals surface area (Å²) < 4.78 is 18.6. The zero-order chi connectivity index (χ0) is 19.3. The Morgan fingerprint density at radius 3 is 2.64 bits per heavy atom. The summed E-state index contributed by atoms with van der Waals surface area (Å²) in [5, 5.41) is 5.16. The summed E-state index contributed by atoms with van der Waals surface area (Å²) >= 11 is 3.13. The number of carbonyl (C=O) groups is 1. The van der Waals surface area contributed by atoms with Gasteiger partial charge in [-0.3, -0.25) is 9.69 Å². The van der Waals surface area contributed by atoms with Crippen LogP contribution in [0.5, 0.6) is 0 Å². The molecule has 1 amide bonds. The smallest absolute Gasteiger partial charge is 0.261 e. The van der Waals surface area contributed by atoms with Gasteiger partial charge in [-0.25, -0.2) is 4.39 Å². The minimum absolute atomic E-state index is 0.0758. The monoisotopic (exact) mass is 416 g/mol. The van der Waals surface area contributed by atoms with Gasteiger partial charge in [0.15, 0.2) is 0 Å². The Labute approximate surface area is 171 Å². The van der Waals surface area contributed by atoms with Crippen molar-refractivity contribution in [3.63, 3.8) is 0 Å². The third kappa shape index (κ3) is 4.50. The molecule has 1 aliphatic rings. The van der Waals surface area contributed by atoms with Crippen molar-refractivity contribution in [1.29, 1.82) is 0 Å². The maximum Gasteiger partial charge on any atom is 0.261 e. The van der Waals surface area contributed by atoms with E-state index in [1.54, 1.807) is 23.5 Å². The predicted molar refractivity (Wildman–Crippen MR) is 111 cm³/mol. The Balaban J connectivity index is 1.43. The molecule has 3 heterocycles. The summed E-state index contributed by atoms with van der Waals surface area (Å²) in [4.78, 5) is 17.9. The van der Waals surface area contributed by atoms with E-state index < -0.39 is 0 Å². The number of amides is 1. The van der Waals surface area contributed by atoms with Gasteiger partial charge < -0.3 is 10.1 Å². The van der Waals surface area contributed by atoms with E-state index in [0.717, 1.165) is 36.7 Å². The molecule has 1 atom stereocenters. The molecule has 1 fully saturated rings. The van der Waals surface area contributed by atoms with Crippen LogP contribution in [-0.4, -0.2) is 43.7 Å². The van der Waals surface area contributed by atoms with Crippen LogP contribution in [0.3, 0.4) is 0 Å². The van der Waals surface area contributed by atoms with Gasteiger partial charge in [0.25, 0.3) is 5.91 Å². The molecule has 0 saturated carbocycles. The van der Waals surface area contributed by atoms with Gasteiger partial charge in [0.05, 0.1) is 24.1 Å². The maximum absolute atomic E-state index is 13.1. The molecule has 1 aromatic carbocycles. The topological polar surface area (TPSA) is 41.6 Å². The highest BCUT2D eigenvalue weighted by molar-refractivity contribution is 7.17. The Kier molecular flexibility index (Phi) is 6.17. The molecule has 4 rings (SSSR count). The molecule has 1 aliphatic heterocycles. The van der Waals surface area contributed by atoms with Crippen molar-refractivity contribution >= 4 is 28.6 Å². The van der Waals surface area contributed by atoms with Gasteiger partial charge in [-0.05, 0) is 41.3 Å². The van der Waals surface area contributed by atoms with E-state index in [2.05, 4.69) is 21.7 Å². The molecule has 0 unspecified atom stereocenters. The molecule has 0 spiro atoms. The second-order valence-electron chi connectivity index (χ2n) is 6.56. The molecule has 0 bridgehead atoms. The van der Waals surface area contributed by atoms with Gasteiger partial charge in [0.2, 0.25) is 0 Å². The Bertz CT molecular complexity index is 903. The number of morpholine rings is 1. The molecule has 7 heteroatoms. The summed E-state index contributed by atoms with van der Waals surface area (Å²) in [7, 11) is 0. The number of rotatable bonds is 6. The number of ether oxygens (including phenoxy) is 1. The van der Waals surface area contributed by atoms with Crippen molar-refractivity contribution in [3.8, 4) is 10.4 Å². The molecule has 146 valence electrons. The first-order chi connectivity index (χ1) is 13.7. The second kappa shape index (κ2) is 8.96. The molecule has 1 saturated heterocycles. The molecule has 2 aromatic heterocycles. The lowest BCUT2D eigenvalue weighted by atomic mass is 10.2. The minimum Gasteiger partial charge on any atom is -0.379 e. The van der Waals surface area contributed by atoms with Crippen molar-refractivity contribution in [2.45, 2.75) is 6.04 Å². The highest BCUT2D eigenvalue weighted by atomic mass is 32.1. The lowest BCUT2D eigenvalue weighted by Gasteiger charge is -2.34. The quantitative estimate of drug-likeness (QED) is 0.647. The van der Waals surface area contributed by atoms with E-state index in [1.807, 2.05) is 18.2 Å². The molecular weight excluding hydrogens is 395 g/mol. The van der Waals surface area contributed by atoms with Crippen LogP contribution in [0.4, 0.5) is 4.39 Å². The lowest BCUT2D eigenvalue weighted by Crippen LogP contribution is -2.43. The van der Waals surface area contributed by atoms with Crippen LogP contribution in [0.2, 0.25) is 0 Å². The van der Waals surface area contributed by atoms with E-state index >= 15 is 0 Å². The van der Waals surface area contributed by atoms with Crippen LogP contribution >= 0.6 is 22.7 Å². The Morgan fingerprint density at radius 1 is 1.14 bits per heavy atom. The highest BCUT2D eigenvalue weighted by Gasteiger charge is 2.24. The standard InChI is InChI=1S/C21H21FN2O2S2/c22-16-5-3-15(4-6-16)18-7-8-20(28-18)21(25)23-14-17(19-2-1-13-27-19)24-9-11-26-12-10-24/h1-8,13,17H,9-12,14H2,(H,23,25)/t17-/m0/s1. The number of benzene rings is 1. The molecule has 1 N–H and O–H groups in total. The third-order valence-corrected chi connectivity index (χ3v) is 6.88. The number of carbonyl (C=O) groups excluding carboxylic acids is 1. The van der Waals surface area contributed by atoms with Crippen molar-refractivity contribution in [1.82, 2.24) is 10.2 Å². The fourth-order valence-corrected chi connectivity index (χ4v) is 5.07. The maximum atomic E-state index is 13.1. The minimum atomic E-state index is -0.263. The van der Waals surface area contributed by atoms with Crippen LogP contribution in [0.15, 0.2) is 53.9 Å². The van der Waals surface area contributed by atoms with Crippen molar-refractivity contribution in [3.05, 3.63) is 69.5 Å². The first-order valence-corrected chi connectivity index (χ1v) is 10.9. The molecule has 3 aromatic rings. The Morgan fingerprint density at radius 2 is 1.93 bits per heavy atom. The van der Waals surface area contributed by atoms with Crippen LogP contribution in [0.25, 0.3) is 10.4 Å².